The van der Waals surface area contributed by atoms with Crippen molar-refractivity contribution in [2.75, 3.05) is 5.75 Å². The first-order chi connectivity index (χ1) is 12.2. The third kappa shape index (κ3) is 5.55. The van der Waals surface area contributed by atoms with E-state index < -0.39 is 5.97 Å². The fourth-order valence-electron chi connectivity index (χ4n) is 4.06. The minimum absolute atomic E-state index is 0.285. The van der Waals surface area contributed by atoms with E-state index in [1.54, 1.807) is 0 Å². The number of benzene rings is 1. The number of carboxylic acids is 1. The van der Waals surface area contributed by atoms with Gasteiger partial charge >= 0.3 is 5.97 Å². The maximum absolute atomic E-state index is 10.5. The molecule has 2 aliphatic rings. The predicted octanol–water partition coefficient (Wildman–Crippen LogP) is 5.63. The predicted molar refractivity (Wildman–Crippen MR) is 109 cm³/mol. The second kappa shape index (κ2) is 9.72. The van der Waals surface area contributed by atoms with Crippen LogP contribution in [0.5, 0.6) is 0 Å². The minimum atomic E-state index is -0.687. The summed E-state index contributed by atoms with van der Waals surface area (Å²) in [5.74, 6) is 3.38. The van der Waals surface area contributed by atoms with Crippen molar-refractivity contribution in [1.29, 1.82) is 0 Å². The van der Waals surface area contributed by atoms with Gasteiger partial charge in [-0.1, -0.05) is 42.5 Å². The molecule has 3 rings (SSSR count). The molecule has 1 unspecified atom stereocenters. The Hall–Kier alpha value is -0.870. The van der Waals surface area contributed by atoms with E-state index in [1.807, 2.05) is 0 Å². The molecule has 2 aliphatic heterocycles. The van der Waals surface area contributed by atoms with Crippen LogP contribution in [-0.4, -0.2) is 27.3 Å². The van der Waals surface area contributed by atoms with Crippen LogP contribution in [0.15, 0.2) is 42.5 Å². The zero-order valence-corrected chi connectivity index (χ0v) is 16.3. The summed E-state index contributed by atoms with van der Waals surface area (Å²) in [6, 6.07) is 10.8. The quantitative estimate of drug-likeness (QED) is 0.424. The first-order valence-corrected chi connectivity index (χ1v) is 11.5. The van der Waals surface area contributed by atoms with Gasteiger partial charge in [-0.05, 0) is 55.3 Å². The zero-order chi connectivity index (χ0) is 17.5. The molecular weight excluding hydrogens is 348 g/mol. The summed E-state index contributed by atoms with van der Waals surface area (Å²) < 4.78 is 0. The molecule has 0 saturated carbocycles. The summed E-state index contributed by atoms with van der Waals surface area (Å²) in [6.07, 6.45) is 10.4. The van der Waals surface area contributed by atoms with Gasteiger partial charge < -0.3 is 5.11 Å². The van der Waals surface area contributed by atoms with Crippen LogP contribution in [0.4, 0.5) is 0 Å². The van der Waals surface area contributed by atoms with Crippen LogP contribution in [-0.2, 0) is 10.5 Å². The Bertz CT molecular complexity index is 573. The number of hydrogen-bond donors (Lipinski definition) is 1. The Morgan fingerprint density at radius 2 is 1.92 bits per heavy atom. The van der Waals surface area contributed by atoms with Crippen molar-refractivity contribution in [3.63, 3.8) is 0 Å². The molecule has 0 radical (unpaired) electrons. The Kier molecular flexibility index (Phi) is 7.35. The second-order valence-corrected chi connectivity index (χ2v) is 9.63. The van der Waals surface area contributed by atoms with E-state index in [0.717, 1.165) is 40.9 Å². The van der Waals surface area contributed by atoms with Gasteiger partial charge in [-0.15, -0.1) is 0 Å². The van der Waals surface area contributed by atoms with Crippen molar-refractivity contribution < 1.29 is 9.90 Å². The number of rotatable bonds is 10. The van der Waals surface area contributed by atoms with Crippen LogP contribution in [0.1, 0.15) is 44.1 Å². The number of aliphatic carboxylic acids is 1. The monoisotopic (exact) mass is 376 g/mol. The molecule has 136 valence electrons. The molecule has 0 aliphatic carbocycles. The van der Waals surface area contributed by atoms with Crippen molar-refractivity contribution in [2.45, 2.75) is 54.8 Å². The van der Waals surface area contributed by atoms with E-state index in [4.69, 9.17) is 5.11 Å². The SMILES string of the molecule is O=C(O)CCC/C=C\C[C@H]1C2CC[C@H](S2)[C@H]1CSCc1ccccc1. The molecule has 2 heterocycles. The van der Waals surface area contributed by atoms with Crippen molar-refractivity contribution in [3.05, 3.63) is 48.0 Å². The van der Waals surface area contributed by atoms with Gasteiger partial charge in [-0.3, -0.25) is 4.79 Å². The van der Waals surface area contributed by atoms with Crippen LogP contribution >= 0.6 is 23.5 Å². The number of hydrogen-bond acceptors (Lipinski definition) is 3. The lowest BCUT2D eigenvalue weighted by molar-refractivity contribution is -0.137. The lowest BCUT2D eigenvalue weighted by atomic mass is 9.78. The first-order valence-electron chi connectivity index (χ1n) is 9.38. The third-order valence-corrected chi connectivity index (χ3v) is 8.38. The summed E-state index contributed by atoms with van der Waals surface area (Å²) in [7, 11) is 0. The Labute approximate surface area is 159 Å². The summed E-state index contributed by atoms with van der Waals surface area (Å²) in [4.78, 5) is 10.5. The first kappa shape index (κ1) is 18.9. The topological polar surface area (TPSA) is 37.3 Å². The van der Waals surface area contributed by atoms with Gasteiger partial charge in [0.15, 0.2) is 0 Å². The maximum atomic E-state index is 10.5. The summed E-state index contributed by atoms with van der Waals surface area (Å²) >= 11 is 4.34. The number of carbonyl (C=O) groups is 1. The number of unbranched alkanes of at least 4 members (excludes halogenated alkanes) is 1. The molecule has 2 saturated heterocycles. The number of fused-ring (bicyclic) bond motifs is 2. The van der Waals surface area contributed by atoms with Gasteiger partial charge in [0.05, 0.1) is 0 Å². The van der Waals surface area contributed by atoms with E-state index >= 15 is 0 Å². The Morgan fingerprint density at radius 3 is 2.68 bits per heavy atom. The standard InChI is InChI=1S/C21H28O2S2/c22-21(23)11-7-2-1-6-10-17-18(20-13-12-19(17)25-20)15-24-14-16-8-4-3-5-9-16/h1,3-6,8-9,17-20H,2,7,10-15H2,(H,22,23)/b6-1-/t17-,18+,19?,20+/m1/s1. The maximum Gasteiger partial charge on any atom is 0.303 e. The van der Waals surface area contributed by atoms with E-state index in [2.05, 4.69) is 66.0 Å². The van der Waals surface area contributed by atoms with Gasteiger partial charge in [0.25, 0.3) is 0 Å². The molecule has 2 fully saturated rings. The van der Waals surface area contributed by atoms with E-state index in [-0.39, 0.29) is 6.42 Å². The van der Waals surface area contributed by atoms with Crippen LogP contribution in [0.25, 0.3) is 0 Å². The highest BCUT2D eigenvalue weighted by Crippen LogP contribution is 2.55. The highest BCUT2D eigenvalue weighted by molar-refractivity contribution is 8.01. The van der Waals surface area contributed by atoms with Gasteiger partial charge in [0.1, 0.15) is 0 Å². The molecule has 25 heavy (non-hydrogen) atoms. The van der Waals surface area contributed by atoms with E-state index in [0.29, 0.717) is 0 Å². The highest BCUT2D eigenvalue weighted by Gasteiger charge is 2.47. The van der Waals surface area contributed by atoms with Gasteiger partial charge in [0.2, 0.25) is 0 Å². The average molecular weight is 377 g/mol. The lowest BCUT2D eigenvalue weighted by Gasteiger charge is -2.28. The molecule has 2 bridgehead atoms. The molecule has 0 amide bonds. The summed E-state index contributed by atoms with van der Waals surface area (Å²) in [5.41, 5.74) is 1.43. The van der Waals surface area contributed by atoms with Crippen molar-refractivity contribution in [3.8, 4) is 0 Å². The van der Waals surface area contributed by atoms with Gasteiger partial charge in [-0.25, -0.2) is 0 Å². The zero-order valence-electron chi connectivity index (χ0n) is 14.7. The Balaban J connectivity index is 1.43. The van der Waals surface area contributed by atoms with Crippen LogP contribution in [0, 0.1) is 11.8 Å². The summed E-state index contributed by atoms with van der Waals surface area (Å²) in [6.45, 7) is 0. The summed E-state index contributed by atoms with van der Waals surface area (Å²) in [5, 5.41) is 10.4. The van der Waals surface area contributed by atoms with Crippen molar-refractivity contribution in [1.82, 2.24) is 0 Å². The van der Waals surface area contributed by atoms with Crippen molar-refractivity contribution in [2.24, 2.45) is 11.8 Å². The van der Waals surface area contributed by atoms with E-state index in [9.17, 15) is 4.79 Å². The molecule has 4 heteroatoms. The molecule has 1 N–H and O–H groups in total. The molecule has 0 aromatic heterocycles. The number of allylic oxidation sites excluding steroid dienone is 2. The van der Waals surface area contributed by atoms with Crippen LogP contribution in [0.3, 0.4) is 0 Å². The normalized spacial score (nSPS) is 28.0. The smallest absolute Gasteiger partial charge is 0.303 e. The number of carboxylic acid groups (broad SMARTS) is 1. The third-order valence-electron chi connectivity index (χ3n) is 5.35. The fraction of sp³-hybridized carbons (Fsp3) is 0.571. The molecular formula is C21H28O2S2. The fourth-order valence-corrected chi connectivity index (χ4v) is 7.48. The number of thioether (sulfide) groups is 2. The van der Waals surface area contributed by atoms with Crippen molar-refractivity contribution >= 4 is 29.5 Å². The molecule has 0 spiro atoms. The Morgan fingerprint density at radius 1 is 1.16 bits per heavy atom. The second-order valence-electron chi connectivity index (χ2n) is 7.11. The molecule has 1 aromatic rings. The minimum Gasteiger partial charge on any atom is -0.481 e. The molecule has 1 aromatic carbocycles. The largest absolute Gasteiger partial charge is 0.481 e. The molecule has 4 atom stereocenters. The highest BCUT2D eigenvalue weighted by atomic mass is 32.2. The van der Waals surface area contributed by atoms with Crippen LogP contribution < -0.4 is 0 Å². The lowest BCUT2D eigenvalue weighted by Crippen LogP contribution is -2.28. The molecule has 2 nitrogen and oxygen atoms in total. The van der Waals surface area contributed by atoms with Crippen LogP contribution in [0.2, 0.25) is 0 Å². The average Bonchev–Trinajstić information content (AvgIpc) is 3.21. The van der Waals surface area contributed by atoms with Gasteiger partial charge in [-0.2, -0.15) is 23.5 Å². The van der Waals surface area contributed by atoms with Gasteiger partial charge in [0, 0.05) is 22.7 Å². The van der Waals surface area contributed by atoms with E-state index in [1.165, 1.54) is 30.6 Å².